The van der Waals surface area contributed by atoms with Crippen molar-refractivity contribution in [1.29, 1.82) is 0 Å². The lowest BCUT2D eigenvalue weighted by atomic mass is 10.4. The normalized spacial score (nSPS) is 11.4. The average molecular weight is 216 g/mol. The molecule has 1 heterocycles. The van der Waals surface area contributed by atoms with Crippen LogP contribution in [0.2, 0.25) is 0 Å². The minimum atomic E-state index is -3.31. The van der Waals surface area contributed by atoms with E-state index in [0.717, 1.165) is 10.6 Å². The molecule has 0 saturated carbocycles. The van der Waals surface area contributed by atoms with Crippen molar-refractivity contribution < 1.29 is 8.42 Å². The van der Waals surface area contributed by atoms with Crippen LogP contribution in [0.3, 0.4) is 0 Å². The average Bonchev–Trinajstić information content (AvgIpc) is 2.15. The first kappa shape index (κ1) is 10.9. The summed E-state index contributed by atoms with van der Waals surface area (Å²) in [5.74, 6) is 0.135. The smallest absolute Gasteiger partial charge is 0.239 e. The van der Waals surface area contributed by atoms with Gasteiger partial charge in [0.25, 0.3) is 0 Å². The fourth-order valence-electron chi connectivity index (χ4n) is 0.798. The van der Waals surface area contributed by atoms with Crippen LogP contribution < -0.4 is 10.0 Å². The summed E-state index contributed by atoms with van der Waals surface area (Å²) < 4.78 is 23.3. The number of hydrogen-bond donors (Lipinski definition) is 1. The summed E-state index contributed by atoms with van der Waals surface area (Å²) >= 11 is 0. The number of anilines is 1. The highest BCUT2D eigenvalue weighted by atomic mass is 32.2. The fourth-order valence-corrected chi connectivity index (χ4v) is 1.18. The molecule has 0 aliphatic heterocycles. The SMILES string of the molecule is CN(c1nccc(CN)n1)S(C)(=O)=O. The standard InChI is InChI=1S/C7H12N4O2S/c1-11(14(2,12)13)7-9-4-3-6(5-8)10-7/h3-4H,5,8H2,1-2H3. The van der Waals surface area contributed by atoms with Crippen molar-refractivity contribution >= 4 is 16.0 Å². The topological polar surface area (TPSA) is 89.2 Å². The van der Waals surface area contributed by atoms with Crippen molar-refractivity contribution in [2.45, 2.75) is 6.54 Å². The van der Waals surface area contributed by atoms with Crippen LogP contribution in [0.1, 0.15) is 5.69 Å². The largest absolute Gasteiger partial charge is 0.325 e. The molecule has 0 fully saturated rings. The summed E-state index contributed by atoms with van der Waals surface area (Å²) in [6, 6.07) is 1.64. The number of sulfonamides is 1. The molecule has 0 spiro atoms. The maximum absolute atomic E-state index is 11.1. The van der Waals surface area contributed by atoms with Crippen molar-refractivity contribution in [3.05, 3.63) is 18.0 Å². The number of hydrogen-bond acceptors (Lipinski definition) is 5. The Balaban J connectivity index is 3.08. The van der Waals surface area contributed by atoms with Crippen LogP contribution in [0, 0.1) is 0 Å². The molecule has 78 valence electrons. The zero-order valence-corrected chi connectivity index (χ0v) is 8.82. The zero-order valence-electron chi connectivity index (χ0n) is 8.01. The second-order valence-electron chi connectivity index (χ2n) is 2.78. The highest BCUT2D eigenvalue weighted by Gasteiger charge is 2.14. The molecular formula is C7H12N4O2S. The molecule has 6 nitrogen and oxygen atoms in total. The van der Waals surface area contributed by atoms with Gasteiger partial charge in [0.2, 0.25) is 16.0 Å². The van der Waals surface area contributed by atoms with Crippen molar-refractivity contribution in [2.75, 3.05) is 17.6 Å². The van der Waals surface area contributed by atoms with Crippen molar-refractivity contribution in [2.24, 2.45) is 5.73 Å². The predicted molar refractivity (Wildman–Crippen MR) is 53.2 cm³/mol. The van der Waals surface area contributed by atoms with E-state index in [9.17, 15) is 8.42 Å². The Morgan fingerprint density at radius 2 is 2.21 bits per heavy atom. The third kappa shape index (κ3) is 2.39. The molecule has 1 rings (SSSR count). The second kappa shape index (κ2) is 3.89. The van der Waals surface area contributed by atoms with E-state index in [1.54, 1.807) is 6.07 Å². The Morgan fingerprint density at radius 1 is 1.57 bits per heavy atom. The minimum Gasteiger partial charge on any atom is -0.325 e. The first-order chi connectivity index (χ1) is 6.45. The van der Waals surface area contributed by atoms with Gasteiger partial charge in [-0.1, -0.05) is 0 Å². The first-order valence-electron chi connectivity index (χ1n) is 3.91. The molecule has 1 aromatic rings. The summed E-state index contributed by atoms with van der Waals surface area (Å²) in [6.45, 7) is 0.257. The van der Waals surface area contributed by atoms with Crippen LogP contribution in [-0.4, -0.2) is 31.7 Å². The molecule has 14 heavy (non-hydrogen) atoms. The maximum Gasteiger partial charge on any atom is 0.239 e. The number of aromatic nitrogens is 2. The Kier molecular flexibility index (Phi) is 3.02. The third-order valence-electron chi connectivity index (χ3n) is 1.69. The Morgan fingerprint density at radius 3 is 2.71 bits per heavy atom. The van der Waals surface area contributed by atoms with Gasteiger partial charge in [0.1, 0.15) is 0 Å². The van der Waals surface area contributed by atoms with E-state index in [0.29, 0.717) is 5.69 Å². The summed E-state index contributed by atoms with van der Waals surface area (Å²) in [5, 5.41) is 0. The van der Waals surface area contributed by atoms with Gasteiger partial charge in [-0.3, -0.25) is 0 Å². The van der Waals surface area contributed by atoms with Gasteiger partial charge >= 0.3 is 0 Å². The van der Waals surface area contributed by atoms with E-state index >= 15 is 0 Å². The number of rotatable bonds is 3. The predicted octanol–water partition coefficient (Wildman–Crippen LogP) is -0.669. The van der Waals surface area contributed by atoms with E-state index < -0.39 is 10.0 Å². The molecule has 0 aromatic carbocycles. The van der Waals surface area contributed by atoms with Crippen LogP contribution in [0.4, 0.5) is 5.95 Å². The summed E-state index contributed by atoms with van der Waals surface area (Å²) in [5.41, 5.74) is 5.97. The lowest BCUT2D eigenvalue weighted by Gasteiger charge is -2.14. The molecule has 0 amide bonds. The highest BCUT2D eigenvalue weighted by molar-refractivity contribution is 7.92. The summed E-state index contributed by atoms with van der Waals surface area (Å²) in [6.07, 6.45) is 2.57. The third-order valence-corrected chi connectivity index (χ3v) is 2.85. The molecular weight excluding hydrogens is 204 g/mol. The van der Waals surface area contributed by atoms with Gasteiger partial charge in [0, 0.05) is 19.8 Å². The lowest BCUT2D eigenvalue weighted by molar-refractivity contribution is 0.599. The van der Waals surface area contributed by atoms with Crippen molar-refractivity contribution in [3.8, 4) is 0 Å². The Bertz CT molecular complexity index is 417. The molecule has 2 N–H and O–H groups in total. The van der Waals surface area contributed by atoms with E-state index in [1.807, 2.05) is 0 Å². The van der Waals surface area contributed by atoms with Crippen molar-refractivity contribution in [1.82, 2.24) is 9.97 Å². The molecule has 1 aromatic heterocycles. The van der Waals surface area contributed by atoms with Gasteiger partial charge in [0.15, 0.2) is 0 Å². The molecule has 0 unspecified atom stereocenters. The van der Waals surface area contributed by atoms with E-state index in [4.69, 9.17) is 5.73 Å². The van der Waals surface area contributed by atoms with Crippen LogP contribution in [0.25, 0.3) is 0 Å². The van der Waals surface area contributed by atoms with Gasteiger partial charge in [0.05, 0.1) is 11.9 Å². The molecule has 0 aliphatic carbocycles. The van der Waals surface area contributed by atoms with Crippen LogP contribution in [0.15, 0.2) is 12.3 Å². The summed E-state index contributed by atoms with van der Waals surface area (Å²) in [7, 11) is -1.92. The Hall–Kier alpha value is -1.21. The van der Waals surface area contributed by atoms with E-state index in [-0.39, 0.29) is 12.5 Å². The van der Waals surface area contributed by atoms with Crippen LogP contribution in [-0.2, 0) is 16.6 Å². The van der Waals surface area contributed by atoms with Gasteiger partial charge in [-0.05, 0) is 6.07 Å². The van der Waals surface area contributed by atoms with Gasteiger partial charge in [-0.15, -0.1) is 0 Å². The molecule has 0 atom stereocenters. The minimum absolute atomic E-state index is 0.135. The molecule has 7 heteroatoms. The second-order valence-corrected chi connectivity index (χ2v) is 4.80. The molecule has 0 saturated heterocycles. The van der Waals surface area contributed by atoms with Crippen LogP contribution >= 0.6 is 0 Å². The fraction of sp³-hybridized carbons (Fsp3) is 0.429. The first-order valence-corrected chi connectivity index (χ1v) is 5.76. The molecule has 0 bridgehead atoms. The van der Waals surface area contributed by atoms with E-state index in [2.05, 4.69) is 9.97 Å². The summed E-state index contributed by atoms with van der Waals surface area (Å²) in [4.78, 5) is 7.80. The van der Waals surface area contributed by atoms with Gasteiger partial charge in [-0.25, -0.2) is 22.7 Å². The van der Waals surface area contributed by atoms with Crippen molar-refractivity contribution in [3.63, 3.8) is 0 Å². The number of nitrogens with zero attached hydrogens (tertiary/aromatic N) is 3. The number of nitrogens with two attached hydrogens (primary N) is 1. The van der Waals surface area contributed by atoms with Gasteiger partial charge < -0.3 is 5.73 Å². The van der Waals surface area contributed by atoms with Crippen LogP contribution in [0.5, 0.6) is 0 Å². The quantitative estimate of drug-likeness (QED) is 0.724. The highest BCUT2D eigenvalue weighted by Crippen LogP contribution is 2.08. The molecule has 0 radical (unpaired) electrons. The maximum atomic E-state index is 11.1. The molecule has 0 aliphatic rings. The monoisotopic (exact) mass is 216 g/mol. The zero-order chi connectivity index (χ0) is 10.8. The Labute approximate surface area is 82.8 Å². The van der Waals surface area contributed by atoms with E-state index in [1.165, 1.54) is 13.2 Å². The lowest BCUT2D eigenvalue weighted by Crippen LogP contribution is -2.27. The van der Waals surface area contributed by atoms with Gasteiger partial charge in [-0.2, -0.15) is 0 Å².